The van der Waals surface area contributed by atoms with E-state index in [1.165, 1.54) is 11.1 Å². The Bertz CT molecular complexity index is 705. The Morgan fingerprint density at radius 2 is 1.96 bits per heavy atom. The van der Waals surface area contributed by atoms with Crippen molar-refractivity contribution in [3.05, 3.63) is 29.3 Å². The summed E-state index contributed by atoms with van der Waals surface area (Å²) in [6.07, 6.45) is 5.39. The Balaban J connectivity index is 0.00000182. The van der Waals surface area contributed by atoms with Crippen molar-refractivity contribution in [2.75, 3.05) is 0 Å². The van der Waals surface area contributed by atoms with Crippen molar-refractivity contribution >= 4 is 7.82 Å². The van der Waals surface area contributed by atoms with Gasteiger partial charge in [0.15, 0.2) is 0 Å². The predicted molar refractivity (Wildman–Crippen MR) is 89.6 cm³/mol. The first-order valence-electron chi connectivity index (χ1n) is 8.84. The number of aryl methyl sites for hydroxylation is 1. The van der Waals surface area contributed by atoms with Crippen LogP contribution in [-0.2, 0) is 15.5 Å². The summed E-state index contributed by atoms with van der Waals surface area (Å²) >= 11 is 0. The molecule has 5 atom stereocenters. The molecule has 0 aromatic heterocycles. The van der Waals surface area contributed by atoms with Crippen molar-refractivity contribution in [2.45, 2.75) is 57.5 Å². The zero-order valence-corrected chi connectivity index (χ0v) is 17.8. The van der Waals surface area contributed by atoms with E-state index < -0.39 is 7.82 Å². The fourth-order valence-corrected chi connectivity index (χ4v) is 6.54. The van der Waals surface area contributed by atoms with Crippen LogP contribution in [0.1, 0.15) is 56.1 Å². The number of phenols is 1. The maximum absolute atomic E-state index is 11.3. The van der Waals surface area contributed by atoms with Crippen LogP contribution >= 0.6 is 7.82 Å². The summed E-state index contributed by atoms with van der Waals surface area (Å²) in [6.45, 7) is 2.16. The van der Waals surface area contributed by atoms with Crippen LogP contribution in [0.4, 0.5) is 0 Å². The van der Waals surface area contributed by atoms with Gasteiger partial charge >= 0.3 is 37.4 Å². The Hall–Kier alpha value is 0.130. The third-order valence-electron chi connectivity index (χ3n) is 6.89. The standard InChI is InChI=1S/C18H25O5P.Na/c1-18-9-8-14-13-5-3-12(19)10-11(13)2-4-15(14)16(18)6-7-17(18)23-24(20,21)22;/h3,5,10,14-17,19H,2,4,6-9H2,1H3,(H2,20,21,22);/q;+1. The van der Waals surface area contributed by atoms with Gasteiger partial charge in [-0.2, -0.15) is 0 Å². The Morgan fingerprint density at radius 3 is 2.68 bits per heavy atom. The fraction of sp³-hybridized carbons (Fsp3) is 0.667. The van der Waals surface area contributed by atoms with Gasteiger partial charge < -0.3 is 14.9 Å². The average molecular weight is 375 g/mol. The topological polar surface area (TPSA) is 87.0 Å². The number of aromatic hydroxyl groups is 1. The average Bonchev–Trinajstić information content (AvgIpc) is 2.82. The molecule has 0 heterocycles. The number of hydrogen-bond donors (Lipinski definition) is 3. The monoisotopic (exact) mass is 375 g/mol. The minimum Gasteiger partial charge on any atom is -0.508 e. The number of phosphoric acid groups is 1. The smallest absolute Gasteiger partial charge is 0.508 e. The largest absolute Gasteiger partial charge is 1.00 e. The summed E-state index contributed by atoms with van der Waals surface area (Å²) in [5, 5.41) is 9.73. The van der Waals surface area contributed by atoms with Gasteiger partial charge in [0.1, 0.15) is 5.75 Å². The van der Waals surface area contributed by atoms with Crippen LogP contribution in [0, 0.1) is 17.3 Å². The van der Waals surface area contributed by atoms with E-state index in [1.807, 2.05) is 6.07 Å². The van der Waals surface area contributed by atoms with Crippen molar-refractivity contribution in [3.8, 4) is 5.75 Å². The maximum Gasteiger partial charge on any atom is 1.00 e. The predicted octanol–water partition coefficient (Wildman–Crippen LogP) is 0.730. The Kier molecular flexibility index (Phi) is 5.52. The summed E-state index contributed by atoms with van der Waals surface area (Å²) < 4.78 is 16.5. The van der Waals surface area contributed by atoms with E-state index in [-0.39, 0.29) is 41.1 Å². The zero-order valence-electron chi connectivity index (χ0n) is 14.9. The normalized spacial score (nSPS) is 36.8. The Labute approximate surface area is 170 Å². The van der Waals surface area contributed by atoms with Gasteiger partial charge in [-0.15, -0.1) is 0 Å². The van der Waals surface area contributed by atoms with Crippen LogP contribution < -0.4 is 29.6 Å². The molecule has 0 aliphatic heterocycles. The third-order valence-corrected chi connectivity index (χ3v) is 7.42. The molecule has 5 nitrogen and oxygen atoms in total. The van der Waals surface area contributed by atoms with Gasteiger partial charge in [0.2, 0.25) is 0 Å². The van der Waals surface area contributed by atoms with Crippen molar-refractivity contribution in [2.24, 2.45) is 17.3 Å². The number of fused-ring (bicyclic) bond motifs is 5. The van der Waals surface area contributed by atoms with Crippen molar-refractivity contribution in [1.82, 2.24) is 0 Å². The molecule has 5 unspecified atom stereocenters. The summed E-state index contributed by atoms with van der Waals surface area (Å²) in [6, 6.07) is 5.75. The molecule has 4 rings (SSSR count). The maximum atomic E-state index is 11.3. The molecule has 1 aromatic carbocycles. The first-order valence-corrected chi connectivity index (χ1v) is 10.4. The van der Waals surface area contributed by atoms with Crippen LogP contribution in [0.5, 0.6) is 5.75 Å². The first kappa shape index (κ1) is 19.9. The van der Waals surface area contributed by atoms with Gasteiger partial charge in [-0.1, -0.05) is 13.0 Å². The summed E-state index contributed by atoms with van der Waals surface area (Å²) in [5.41, 5.74) is 2.49. The van der Waals surface area contributed by atoms with Crippen molar-refractivity contribution in [1.29, 1.82) is 0 Å². The minimum absolute atomic E-state index is 0. The molecule has 0 saturated heterocycles. The molecule has 3 N–H and O–H groups in total. The van der Waals surface area contributed by atoms with Gasteiger partial charge in [-0.3, -0.25) is 4.52 Å². The molecular formula is C18H25NaO5P+. The first-order chi connectivity index (χ1) is 11.3. The van der Waals surface area contributed by atoms with E-state index in [2.05, 4.69) is 13.0 Å². The van der Waals surface area contributed by atoms with Gasteiger partial charge in [0.05, 0.1) is 6.10 Å². The summed E-state index contributed by atoms with van der Waals surface area (Å²) in [4.78, 5) is 18.5. The minimum atomic E-state index is -4.44. The molecule has 132 valence electrons. The van der Waals surface area contributed by atoms with Crippen LogP contribution in [-0.4, -0.2) is 21.0 Å². The second kappa shape index (κ2) is 6.94. The van der Waals surface area contributed by atoms with Crippen LogP contribution in [0.25, 0.3) is 0 Å². The second-order valence-corrected chi connectivity index (χ2v) is 9.20. The summed E-state index contributed by atoms with van der Waals surface area (Å²) in [5.74, 6) is 1.84. The summed E-state index contributed by atoms with van der Waals surface area (Å²) in [7, 11) is -4.44. The van der Waals surface area contributed by atoms with Crippen LogP contribution in [0.15, 0.2) is 18.2 Å². The van der Waals surface area contributed by atoms with Gasteiger partial charge in [0, 0.05) is 0 Å². The second-order valence-electron chi connectivity index (χ2n) is 8.01. The quantitative estimate of drug-likeness (QED) is 0.524. The molecular weight excluding hydrogens is 350 g/mol. The molecule has 2 saturated carbocycles. The molecule has 7 heteroatoms. The van der Waals surface area contributed by atoms with E-state index in [1.54, 1.807) is 6.07 Å². The molecule has 0 radical (unpaired) electrons. The van der Waals surface area contributed by atoms with E-state index in [9.17, 15) is 19.5 Å². The van der Waals surface area contributed by atoms with Gasteiger partial charge in [-0.05, 0) is 85.0 Å². The molecule has 2 fully saturated rings. The molecule has 0 spiro atoms. The number of benzene rings is 1. The number of phenolic OH excluding ortho intramolecular Hbond substituents is 1. The molecule has 3 aliphatic rings. The van der Waals surface area contributed by atoms with E-state index in [0.29, 0.717) is 23.5 Å². The SMILES string of the molecule is CC12CCC3c4ccc(O)cc4CCC3C1CCC2OP(=O)(O)O.[Na+]. The third kappa shape index (κ3) is 3.50. The Morgan fingerprint density at radius 1 is 1.20 bits per heavy atom. The van der Waals surface area contributed by atoms with Gasteiger partial charge in [0.25, 0.3) is 0 Å². The molecule has 1 aromatic rings. The zero-order chi connectivity index (χ0) is 17.1. The van der Waals surface area contributed by atoms with Crippen molar-refractivity contribution < 1.29 is 53.5 Å². The van der Waals surface area contributed by atoms with Crippen LogP contribution in [0.2, 0.25) is 0 Å². The van der Waals surface area contributed by atoms with E-state index in [4.69, 9.17) is 4.52 Å². The molecule has 25 heavy (non-hydrogen) atoms. The fourth-order valence-electron chi connectivity index (χ4n) is 5.86. The molecule has 3 aliphatic carbocycles. The van der Waals surface area contributed by atoms with Crippen molar-refractivity contribution in [3.63, 3.8) is 0 Å². The van der Waals surface area contributed by atoms with E-state index in [0.717, 1.165) is 38.5 Å². The van der Waals surface area contributed by atoms with E-state index >= 15 is 0 Å². The van der Waals surface area contributed by atoms with Crippen LogP contribution in [0.3, 0.4) is 0 Å². The number of phosphoric ester groups is 1. The molecule has 0 bridgehead atoms. The molecule has 0 amide bonds. The number of hydrogen-bond acceptors (Lipinski definition) is 3. The van der Waals surface area contributed by atoms with Gasteiger partial charge in [-0.25, -0.2) is 4.57 Å². The number of rotatable bonds is 2.